The van der Waals surface area contributed by atoms with Crippen LogP contribution in [0, 0.1) is 13.8 Å². The molecule has 2 aromatic rings. The number of aryl methyl sites for hydroxylation is 2. The molecule has 2 rings (SSSR count). The standard InChI is InChI=1S/C21H25NO3/c1-14(2)25-19-10-7-17(13-20(19)24-5)8-11-21(23)22-18-9-6-15(3)12-16(18)4/h6-14H,1-5H3,(H,22,23). The van der Waals surface area contributed by atoms with E-state index in [4.69, 9.17) is 9.47 Å². The maximum atomic E-state index is 12.1. The first-order valence-corrected chi connectivity index (χ1v) is 8.30. The number of nitrogens with one attached hydrogen (secondary N) is 1. The number of hydrogen-bond acceptors (Lipinski definition) is 3. The molecule has 132 valence electrons. The van der Waals surface area contributed by atoms with Crippen LogP contribution in [0.15, 0.2) is 42.5 Å². The Bertz CT molecular complexity index is 779. The minimum Gasteiger partial charge on any atom is -0.493 e. The molecule has 0 saturated heterocycles. The number of ether oxygens (including phenoxy) is 2. The van der Waals surface area contributed by atoms with Gasteiger partial charge in [-0.05, 0) is 63.1 Å². The zero-order valence-corrected chi connectivity index (χ0v) is 15.4. The van der Waals surface area contributed by atoms with Crippen molar-refractivity contribution < 1.29 is 14.3 Å². The van der Waals surface area contributed by atoms with Crippen molar-refractivity contribution in [2.45, 2.75) is 33.8 Å². The van der Waals surface area contributed by atoms with E-state index >= 15 is 0 Å². The smallest absolute Gasteiger partial charge is 0.248 e. The third kappa shape index (κ3) is 5.38. The SMILES string of the molecule is COc1cc(C=CC(=O)Nc2ccc(C)cc2C)ccc1OC(C)C. The number of benzene rings is 2. The van der Waals surface area contributed by atoms with E-state index in [0.717, 1.165) is 16.8 Å². The summed E-state index contributed by atoms with van der Waals surface area (Å²) in [5.41, 5.74) is 3.89. The highest BCUT2D eigenvalue weighted by atomic mass is 16.5. The van der Waals surface area contributed by atoms with Gasteiger partial charge in [-0.15, -0.1) is 0 Å². The van der Waals surface area contributed by atoms with Crippen molar-refractivity contribution in [3.05, 3.63) is 59.2 Å². The van der Waals surface area contributed by atoms with Gasteiger partial charge < -0.3 is 14.8 Å². The molecule has 0 unspecified atom stereocenters. The summed E-state index contributed by atoms with van der Waals surface area (Å²) in [6, 6.07) is 11.5. The number of methoxy groups -OCH3 is 1. The topological polar surface area (TPSA) is 47.6 Å². The van der Waals surface area contributed by atoms with E-state index in [-0.39, 0.29) is 12.0 Å². The first-order valence-electron chi connectivity index (χ1n) is 8.30. The number of rotatable bonds is 6. The summed E-state index contributed by atoms with van der Waals surface area (Å²) in [4.78, 5) is 12.1. The average Bonchev–Trinajstić information content (AvgIpc) is 2.56. The summed E-state index contributed by atoms with van der Waals surface area (Å²) in [6.07, 6.45) is 3.33. The van der Waals surface area contributed by atoms with Gasteiger partial charge in [0.15, 0.2) is 11.5 Å². The van der Waals surface area contributed by atoms with Crippen LogP contribution in [0.5, 0.6) is 11.5 Å². The van der Waals surface area contributed by atoms with Crippen LogP contribution in [0.2, 0.25) is 0 Å². The van der Waals surface area contributed by atoms with Gasteiger partial charge in [-0.25, -0.2) is 0 Å². The van der Waals surface area contributed by atoms with Crippen LogP contribution in [0.4, 0.5) is 5.69 Å². The van der Waals surface area contributed by atoms with E-state index in [9.17, 15) is 4.79 Å². The van der Waals surface area contributed by atoms with Gasteiger partial charge in [-0.1, -0.05) is 23.8 Å². The first kappa shape index (κ1) is 18.6. The molecule has 4 nitrogen and oxygen atoms in total. The Labute approximate surface area is 149 Å². The Morgan fingerprint density at radius 3 is 2.48 bits per heavy atom. The molecule has 0 aromatic heterocycles. The first-order chi connectivity index (χ1) is 11.9. The summed E-state index contributed by atoms with van der Waals surface area (Å²) in [5.74, 6) is 1.16. The molecule has 0 heterocycles. The predicted octanol–water partition coefficient (Wildman–Crippen LogP) is 4.75. The highest BCUT2D eigenvalue weighted by molar-refractivity contribution is 6.02. The largest absolute Gasteiger partial charge is 0.493 e. The van der Waals surface area contributed by atoms with Crippen LogP contribution >= 0.6 is 0 Å². The molecule has 1 N–H and O–H groups in total. The molecule has 2 aromatic carbocycles. The lowest BCUT2D eigenvalue weighted by Crippen LogP contribution is -2.09. The predicted molar refractivity (Wildman–Crippen MR) is 102 cm³/mol. The van der Waals surface area contributed by atoms with Crippen molar-refractivity contribution in [1.82, 2.24) is 0 Å². The second kappa shape index (κ2) is 8.38. The van der Waals surface area contributed by atoms with Gasteiger partial charge in [0.1, 0.15) is 0 Å². The molecule has 0 bridgehead atoms. The van der Waals surface area contributed by atoms with Gasteiger partial charge in [-0.2, -0.15) is 0 Å². The molecule has 0 aliphatic carbocycles. The monoisotopic (exact) mass is 339 g/mol. The van der Waals surface area contributed by atoms with Crippen molar-refractivity contribution in [3.8, 4) is 11.5 Å². The fourth-order valence-electron chi connectivity index (χ4n) is 2.44. The van der Waals surface area contributed by atoms with Gasteiger partial charge >= 0.3 is 0 Å². The maximum Gasteiger partial charge on any atom is 0.248 e. The summed E-state index contributed by atoms with van der Waals surface area (Å²) < 4.78 is 11.0. The summed E-state index contributed by atoms with van der Waals surface area (Å²) in [6.45, 7) is 7.93. The van der Waals surface area contributed by atoms with E-state index in [1.807, 2.05) is 64.1 Å². The van der Waals surface area contributed by atoms with Crippen LogP contribution in [0.25, 0.3) is 6.08 Å². The zero-order valence-electron chi connectivity index (χ0n) is 15.4. The molecular formula is C21H25NO3. The Morgan fingerprint density at radius 1 is 1.08 bits per heavy atom. The molecular weight excluding hydrogens is 314 g/mol. The Hall–Kier alpha value is -2.75. The number of carbonyl (C=O) groups excluding carboxylic acids is 1. The minimum absolute atomic E-state index is 0.0684. The number of amides is 1. The molecule has 1 amide bonds. The van der Waals surface area contributed by atoms with Crippen LogP contribution in [-0.4, -0.2) is 19.1 Å². The molecule has 0 radical (unpaired) electrons. The van der Waals surface area contributed by atoms with E-state index in [2.05, 4.69) is 5.32 Å². The van der Waals surface area contributed by atoms with Crippen molar-refractivity contribution in [2.24, 2.45) is 0 Å². The second-order valence-corrected chi connectivity index (χ2v) is 6.22. The van der Waals surface area contributed by atoms with Gasteiger partial charge in [0.2, 0.25) is 5.91 Å². The number of anilines is 1. The van der Waals surface area contributed by atoms with Crippen molar-refractivity contribution in [1.29, 1.82) is 0 Å². The number of carbonyl (C=O) groups is 1. The van der Waals surface area contributed by atoms with E-state index in [0.29, 0.717) is 11.5 Å². The lowest BCUT2D eigenvalue weighted by molar-refractivity contribution is -0.111. The van der Waals surface area contributed by atoms with Crippen molar-refractivity contribution >= 4 is 17.7 Å². The average molecular weight is 339 g/mol. The number of hydrogen-bond donors (Lipinski definition) is 1. The van der Waals surface area contributed by atoms with Crippen molar-refractivity contribution in [2.75, 3.05) is 12.4 Å². The van der Waals surface area contributed by atoms with Gasteiger partial charge in [-0.3, -0.25) is 4.79 Å². The highest BCUT2D eigenvalue weighted by Gasteiger charge is 2.07. The fourth-order valence-corrected chi connectivity index (χ4v) is 2.44. The zero-order chi connectivity index (χ0) is 18.4. The summed E-state index contributed by atoms with van der Waals surface area (Å²) in [5, 5.41) is 2.89. The van der Waals surface area contributed by atoms with Crippen LogP contribution < -0.4 is 14.8 Å². The van der Waals surface area contributed by atoms with Gasteiger partial charge in [0, 0.05) is 11.8 Å². The lowest BCUT2D eigenvalue weighted by atomic mass is 10.1. The Balaban J connectivity index is 2.08. The van der Waals surface area contributed by atoms with E-state index in [1.165, 1.54) is 11.6 Å². The molecule has 0 saturated carbocycles. The van der Waals surface area contributed by atoms with Crippen molar-refractivity contribution in [3.63, 3.8) is 0 Å². The Morgan fingerprint density at radius 2 is 1.84 bits per heavy atom. The van der Waals surface area contributed by atoms with Gasteiger partial charge in [0.25, 0.3) is 0 Å². The lowest BCUT2D eigenvalue weighted by Gasteiger charge is -2.13. The van der Waals surface area contributed by atoms with E-state index < -0.39 is 0 Å². The third-order valence-corrected chi connectivity index (χ3v) is 3.62. The quantitative estimate of drug-likeness (QED) is 0.773. The molecule has 0 aliphatic rings. The summed E-state index contributed by atoms with van der Waals surface area (Å²) >= 11 is 0. The summed E-state index contributed by atoms with van der Waals surface area (Å²) in [7, 11) is 1.60. The maximum absolute atomic E-state index is 12.1. The van der Waals surface area contributed by atoms with Crippen LogP contribution in [0.1, 0.15) is 30.5 Å². The minimum atomic E-state index is -0.173. The second-order valence-electron chi connectivity index (χ2n) is 6.22. The molecule has 0 spiro atoms. The molecule has 0 fully saturated rings. The molecule has 25 heavy (non-hydrogen) atoms. The Kier molecular flexibility index (Phi) is 6.23. The molecule has 0 atom stereocenters. The van der Waals surface area contributed by atoms with Crippen LogP contribution in [0.3, 0.4) is 0 Å². The van der Waals surface area contributed by atoms with Gasteiger partial charge in [0.05, 0.1) is 13.2 Å². The molecule has 0 aliphatic heterocycles. The fraction of sp³-hybridized carbons (Fsp3) is 0.286. The third-order valence-electron chi connectivity index (χ3n) is 3.62. The van der Waals surface area contributed by atoms with Crippen LogP contribution in [-0.2, 0) is 4.79 Å². The van der Waals surface area contributed by atoms with E-state index in [1.54, 1.807) is 13.2 Å². The highest BCUT2D eigenvalue weighted by Crippen LogP contribution is 2.29. The molecule has 4 heteroatoms. The normalized spacial score (nSPS) is 11.0.